The van der Waals surface area contributed by atoms with Crippen LogP contribution in [0.25, 0.3) is 11.1 Å². The van der Waals surface area contributed by atoms with Crippen molar-refractivity contribution in [1.82, 2.24) is 9.91 Å². The average Bonchev–Trinajstić information content (AvgIpc) is 2.70. The van der Waals surface area contributed by atoms with Crippen molar-refractivity contribution in [2.75, 3.05) is 26.2 Å². The van der Waals surface area contributed by atoms with Crippen LogP contribution in [0, 0.1) is 0 Å². The number of halogens is 1. The highest BCUT2D eigenvalue weighted by molar-refractivity contribution is 6.51. The number of nitrogens with two attached hydrogens (primary N) is 1. The Labute approximate surface area is 141 Å². The zero-order chi connectivity index (χ0) is 15.8. The van der Waals surface area contributed by atoms with Crippen LogP contribution < -0.4 is 5.84 Å². The zero-order valence-corrected chi connectivity index (χ0v) is 13.7. The first-order valence-electron chi connectivity index (χ1n) is 8.03. The van der Waals surface area contributed by atoms with Crippen molar-refractivity contribution in [3.8, 4) is 0 Å². The third-order valence-corrected chi connectivity index (χ3v) is 5.11. The van der Waals surface area contributed by atoms with E-state index in [1.165, 1.54) is 16.7 Å². The molecule has 0 spiro atoms. The molecule has 1 aliphatic heterocycles. The molecule has 1 atom stereocenters. The van der Waals surface area contributed by atoms with Crippen LogP contribution in [0.3, 0.4) is 0 Å². The largest absolute Gasteiger partial charge is 0.290 e. The highest BCUT2D eigenvalue weighted by Gasteiger charge is 2.30. The van der Waals surface area contributed by atoms with E-state index in [1.54, 1.807) is 0 Å². The zero-order valence-electron chi connectivity index (χ0n) is 13.0. The van der Waals surface area contributed by atoms with Gasteiger partial charge in [0.05, 0.1) is 6.04 Å². The fraction of sp³-hybridized carbons (Fsp3) is 0.263. The Morgan fingerprint density at radius 1 is 0.870 bits per heavy atom. The van der Waals surface area contributed by atoms with E-state index in [0.29, 0.717) is 0 Å². The van der Waals surface area contributed by atoms with Crippen molar-refractivity contribution in [2.45, 2.75) is 6.04 Å². The molecule has 2 aliphatic rings. The van der Waals surface area contributed by atoms with Crippen LogP contribution in [0.15, 0.2) is 48.5 Å². The van der Waals surface area contributed by atoms with E-state index in [0.717, 1.165) is 36.8 Å². The van der Waals surface area contributed by atoms with Gasteiger partial charge in [0, 0.05) is 31.2 Å². The first kappa shape index (κ1) is 14.9. The van der Waals surface area contributed by atoms with Crippen LogP contribution in [0.2, 0.25) is 0 Å². The summed E-state index contributed by atoms with van der Waals surface area (Å²) in [6, 6.07) is 17.3. The van der Waals surface area contributed by atoms with Crippen molar-refractivity contribution < 1.29 is 0 Å². The lowest BCUT2D eigenvalue weighted by Crippen LogP contribution is -2.50. The third-order valence-electron chi connectivity index (χ3n) is 4.80. The molecule has 1 aliphatic carbocycles. The molecule has 0 bridgehead atoms. The second kappa shape index (κ2) is 6.10. The van der Waals surface area contributed by atoms with Crippen LogP contribution in [0.5, 0.6) is 0 Å². The summed E-state index contributed by atoms with van der Waals surface area (Å²) in [6.45, 7) is 3.70. The smallest absolute Gasteiger partial charge is 0.0615 e. The first-order valence-corrected chi connectivity index (χ1v) is 8.41. The Morgan fingerprint density at radius 2 is 1.52 bits per heavy atom. The number of benzene rings is 2. The molecule has 2 N–H and O–H groups in total. The minimum atomic E-state index is 0.226. The van der Waals surface area contributed by atoms with Crippen molar-refractivity contribution in [1.29, 1.82) is 0 Å². The van der Waals surface area contributed by atoms with Crippen LogP contribution in [0.1, 0.15) is 28.3 Å². The van der Waals surface area contributed by atoms with Crippen molar-refractivity contribution in [2.24, 2.45) is 5.84 Å². The maximum Gasteiger partial charge on any atom is 0.0615 e. The molecular formula is C19H20ClN3. The van der Waals surface area contributed by atoms with Gasteiger partial charge in [0.2, 0.25) is 0 Å². The van der Waals surface area contributed by atoms with Gasteiger partial charge in [-0.3, -0.25) is 10.7 Å². The summed E-state index contributed by atoms with van der Waals surface area (Å²) in [5, 5.41) is 2.71. The molecule has 3 nitrogen and oxygen atoms in total. The molecule has 1 fully saturated rings. The predicted octanol–water partition coefficient (Wildman–Crippen LogP) is 3.32. The van der Waals surface area contributed by atoms with E-state index < -0.39 is 0 Å². The second-order valence-corrected chi connectivity index (χ2v) is 6.59. The molecule has 1 unspecified atom stereocenters. The lowest BCUT2D eigenvalue weighted by molar-refractivity contribution is 0.110. The van der Waals surface area contributed by atoms with Gasteiger partial charge in [0.1, 0.15) is 0 Å². The van der Waals surface area contributed by atoms with Crippen LogP contribution >= 0.6 is 11.6 Å². The van der Waals surface area contributed by atoms with Gasteiger partial charge in [-0.1, -0.05) is 60.1 Å². The van der Waals surface area contributed by atoms with E-state index in [-0.39, 0.29) is 6.04 Å². The number of nitrogens with zero attached hydrogens (tertiary/aromatic N) is 2. The molecule has 0 aromatic heterocycles. The number of hydrogen-bond donors (Lipinski definition) is 1. The second-order valence-electron chi connectivity index (χ2n) is 6.18. The number of piperazine rings is 1. The maximum absolute atomic E-state index is 6.62. The minimum Gasteiger partial charge on any atom is -0.290 e. The molecule has 2 aromatic carbocycles. The van der Waals surface area contributed by atoms with Gasteiger partial charge in [-0.25, -0.2) is 5.01 Å². The predicted molar refractivity (Wildman–Crippen MR) is 95.8 cm³/mol. The maximum atomic E-state index is 6.62. The topological polar surface area (TPSA) is 32.5 Å². The molecule has 23 heavy (non-hydrogen) atoms. The molecular weight excluding hydrogens is 306 g/mol. The summed E-state index contributed by atoms with van der Waals surface area (Å²) in [7, 11) is 0. The monoisotopic (exact) mass is 325 g/mol. The Kier molecular flexibility index (Phi) is 3.95. The van der Waals surface area contributed by atoms with E-state index in [1.807, 2.05) is 5.01 Å². The van der Waals surface area contributed by atoms with Gasteiger partial charge in [0.15, 0.2) is 0 Å². The Hall–Kier alpha value is -1.65. The number of fused-ring (bicyclic) bond motifs is 2. The summed E-state index contributed by atoms with van der Waals surface area (Å²) in [5.74, 6) is 5.94. The molecule has 118 valence electrons. The SMILES string of the molecule is NN1CCN(C2c3ccccc3C=C(Cl)c3ccccc32)CC1. The van der Waals surface area contributed by atoms with Gasteiger partial charge < -0.3 is 0 Å². The lowest BCUT2D eigenvalue weighted by Gasteiger charge is -2.38. The Morgan fingerprint density at radius 3 is 2.30 bits per heavy atom. The summed E-state index contributed by atoms with van der Waals surface area (Å²) < 4.78 is 0. The van der Waals surface area contributed by atoms with Crippen LogP contribution in [-0.4, -0.2) is 36.1 Å². The van der Waals surface area contributed by atoms with Crippen molar-refractivity contribution >= 4 is 22.7 Å². The summed E-state index contributed by atoms with van der Waals surface area (Å²) in [6.07, 6.45) is 2.09. The molecule has 2 aromatic rings. The highest BCUT2D eigenvalue weighted by atomic mass is 35.5. The quantitative estimate of drug-likeness (QED) is 0.816. The molecule has 0 amide bonds. The molecule has 1 saturated heterocycles. The van der Waals surface area contributed by atoms with Crippen molar-refractivity contribution in [3.63, 3.8) is 0 Å². The Balaban J connectivity index is 1.87. The van der Waals surface area contributed by atoms with Crippen molar-refractivity contribution in [3.05, 3.63) is 70.8 Å². The molecule has 1 heterocycles. The fourth-order valence-electron chi connectivity index (χ4n) is 3.62. The number of hydrogen-bond acceptors (Lipinski definition) is 3. The molecule has 0 radical (unpaired) electrons. The average molecular weight is 326 g/mol. The van der Waals surface area contributed by atoms with E-state index in [2.05, 4.69) is 59.5 Å². The normalized spacial score (nSPS) is 22.0. The highest BCUT2D eigenvalue weighted by Crippen LogP contribution is 2.41. The summed E-state index contributed by atoms with van der Waals surface area (Å²) >= 11 is 6.62. The first-order chi connectivity index (χ1) is 11.2. The minimum absolute atomic E-state index is 0.226. The van der Waals surface area contributed by atoms with Gasteiger partial charge in [-0.2, -0.15) is 0 Å². The Bertz CT molecular complexity index is 748. The number of hydrazine groups is 1. The van der Waals surface area contributed by atoms with Gasteiger partial charge in [-0.15, -0.1) is 0 Å². The van der Waals surface area contributed by atoms with Gasteiger partial charge >= 0.3 is 0 Å². The van der Waals surface area contributed by atoms with E-state index in [4.69, 9.17) is 17.4 Å². The standard InChI is InChI=1S/C19H20ClN3/c20-18-13-14-5-1-2-6-15(14)19(17-8-4-3-7-16(17)18)22-9-11-23(21)12-10-22/h1-8,13,19H,9-12,21H2. The molecule has 4 heteroatoms. The van der Waals surface area contributed by atoms with Crippen LogP contribution in [-0.2, 0) is 0 Å². The summed E-state index contributed by atoms with van der Waals surface area (Å²) in [5.41, 5.74) is 4.93. The molecule has 4 rings (SSSR count). The van der Waals surface area contributed by atoms with Crippen LogP contribution in [0.4, 0.5) is 0 Å². The number of rotatable bonds is 1. The van der Waals surface area contributed by atoms with Gasteiger partial charge in [0.25, 0.3) is 0 Å². The third kappa shape index (κ3) is 2.70. The van der Waals surface area contributed by atoms with E-state index in [9.17, 15) is 0 Å². The fourth-order valence-corrected chi connectivity index (χ4v) is 3.90. The summed E-state index contributed by atoms with van der Waals surface area (Å²) in [4.78, 5) is 2.52. The lowest BCUT2D eigenvalue weighted by atomic mass is 9.92. The van der Waals surface area contributed by atoms with E-state index >= 15 is 0 Å². The molecule has 0 saturated carbocycles. The van der Waals surface area contributed by atoms with Gasteiger partial charge in [-0.05, 0) is 28.3 Å².